The molecule has 0 aliphatic heterocycles. The Hall–Kier alpha value is -3.35. The highest BCUT2D eigenvalue weighted by Crippen LogP contribution is 2.23. The largest absolute Gasteiger partial charge is 0.495 e. The predicted octanol–water partition coefficient (Wildman–Crippen LogP) is 2.39. The van der Waals surface area contributed by atoms with Gasteiger partial charge in [-0.05, 0) is 36.4 Å². The van der Waals surface area contributed by atoms with Crippen LogP contribution in [0.3, 0.4) is 0 Å². The molecule has 2 aromatic carbocycles. The minimum atomic E-state index is -0.571. The number of benzene rings is 2. The van der Waals surface area contributed by atoms with E-state index in [0.717, 1.165) is 4.68 Å². The predicted molar refractivity (Wildman–Crippen MR) is 87.8 cm³/mol. The number of hydrogen-bond donors (Lipinski definition) is 1. The molecule has 0 saturated carbocycles. The highest BCUT2D eigenvalue weighted by molar-refractivity contribution is 6.05. The quantitative estimate of drug-likeness (QED) is 0.796. The van der Waals surface area contributed by atoms with Crippen LogP contribution in [0.1, 0.15) is 16.2 Å². The van der Waals surface area contributed by atoms with E-state index in [9.17, 15) is 9.59 Å². The van der Waals surface area contributed by atoms with E-state index in [-0.39, 0.29) is 11.8 Å². The monoisotopic (exact) mass is 325 g/mol. The van der Waals surface area contributed by atoms with Crippen LogP contribution in [0.15, 0.2) is 57.7 Å². The third-order valence-electron chi connectivity index (χ3n) is 3.38. The van der Waals surface area contributed by atoms with Gasteiger partial charge in [-0.2, -0.15) is 4.68 Å². The first kappa shape index (κ1) is 15.5. The topological polar surface area (TPSA) is 86.4 Å². The zero-order valence-corrected chi connectivity index (χ0v) is 13.1. The van der Waals surface area contributed by atoms with Gasteiger partial charge in [0.1, 0.15) is 5.75 Å². The fraction of sp³-hybridized carbons (Fsp3) is 0.118. The molecule has 1 aromatic heterocycles. The molecule has 1 amide bonds. The number of aromatic nitrogens is 2. The number of carbonyl (C=O) groups is 1. The number of aryl methyl sites for hydroxylation is 1. The summed E-state index contributed by atoms with van der Waals surface area (Å²) in [6, 6.07) is 13.6. The Morgan fingerprint density at radius 1 is 1.17 bits per heavy atom. The van der Waals surface area contributed by atoms with Gasteiger partial charge in [-0.1, -0.05) is 12.1 Å². The van der Waals surface area contributed by atoms with Gasteiger partial charge in [0.2, 0.25) is 5.89 Å². The maximum atomic E-state index is 12.3. The molecular formula is C17H15N3O4. The SMILES string of the molecule is COc1ccccc1NC(=O)c1ccc(-n2nc(C)oc2=O)cc1. The molecule has 3 aromatic rings. The van der Waals surface area contributed by atoms with E-state index in [1.165, 1.54) is 7.11 Å². The summed E-state index contributed by atoms with van der Waals surface area (Å²) in [6.45, 7) is 1.59. The van der Waals surface area contributed by atoms with Crippen LogP contribution in [0.2, 0.25) is 0 Å². The number of para-hydroxylation sites is 2. The first-order valence-electron chi connectivity index (χ1n) is 7.20. The summed E-state index contributed by atoms with van der Waals surface area (Å²) < 4.78 is 11.2. The number of anilines is 1. The Morgan fingerprint density at radius 3 is 2.50 bits per heavy atom. The zero-order chi connectivity index (χ0) is 17.1. The first-order valence-corrected chi connectivity index (χ1v) is 7.20. The maximum Gasteiger partial charge on any atom is 0.441 e. The lowest BCUT2D eigenvalue weighted by molar-refractivity contribution is 0.102. The second-order valence-corrected chi connectivity index (χ2v) is 5.00. The van der Waals surface area contributed by atoms with Crippen LogP contribution >= 0.6 is 0 Å². The minimum absolute atomic E-state index is 0.276. The van der Waals surface area contributed by atoms with Crippen molar-refractivity contribution >= 4 is 11.6 Å². The molecule has 0 fully saturated rings. The van der Waals surface area contributed by atoms with E-state index in [4.69, 9.17) is 9.15 Å². The Balaban J connectivity index is 1.81. The third-order valence-corrected chi connectivity index (χ3v) is 3.38. The Labute approximate surface area is 137 Å². The number of rotatable bonds is 4. The molecule has 24 heavy (non-hydrogen) atoms. The van der Waals surface area contributed by atoms with Gasteiger partial charge >= 0.3 is 5.76 Å². The molecule has 0 atom stereocenters. The number of nitrogens with zero attached hydrogens (tertiary/aromatic N) is 2. The van der Waals surface area contributed by atoms with Crippen molar-refractivity contribution in [1.82, 2.24) is 9.78 Å². The average molecular weight is 325 g/mol. The van der Waals surface area contributed by atoms with Gasteiger partial charge in [0.15, 0.2) is 0 Å². The van der Waals surface area contributed by atoms with Crippen molar-refractivity contribution in [3.63, 3.8) is 0 Å². The van der Waals surface area contributed by atoms with Crippen LogP contribution in [-0.4, -0.2) is 22.8 Å². The normalized spacial score (nSPS) is 10.4. The van der Waals surface area contributed by atoms with Crippen molar-refractivity contribution in [2.75, 3.05) is 12.4 Å². The highest BCUT2D eigenvalue weighted by Gasteiger charge is 2.11. The summed E-state index contributed by atoms with van der Waals surface area (Å²) >= 11 is 0. The van der Waals surface area contributed by atoms with E-state index < -0.39 is 5.76 Å². The second-order valence-electron chi connectivity index (χ2n) is 5.00. The van der Waals surface area contributed by atoms with Gasteiger partial charge in [-0.3, -0.25) is 4.79 Å². The minimum Gasteiger partial charge on any atom is -0.495 e. The lowest BCUT2D eigenvalue weighted by atomic mass is 10.2. The van der Waals surface area contributed by atoms with Crippen LogP contribution < -0.4 is 15.8 Å². The summed E-state index contributed by atoms with van der Waals surface area (Å²) in [6.07, 6.45) is 0. The van der Waals surface area contributed by atoms with Crippen molar-refractivity contribution in [3.05, 3.63) is 70.5 Å². The molecule has 3 rings (SSSR count). The molecule has 0 aliphatic carbocycles. The van der Waals surface area contributed by atoms with Gasteiger partial charge in [0.25, 0.3) is 5.91 Å². The molecule has 122 valence electrons. The third kappa shape index (κ3) is 3.05. The lowest BCUT2D eigenvalue weighted by Crippen LogP contribution is -2.15. The van der Waals surface area contributed by atoms with Crippen molar-refractivity contribution < 1.29 is 13.9 Å². The summed E-state index contributed by atoms with van der Waals surface area (Å²) in [5.74, 6) is -0.00135. The Morgan fingerprint density at radius 2 is 1.88 bits per heavy atom. The van der Waals surface area contributed by atoms with E-state index in [0.29, 0.717) is 22.7 Å². The average Bonchev–Trinajstić information content (AvgIpc) is 2.94. The molecule has 7 heteroatoms. The summed E-state index contributed by atoms with van der Waals surface area (Å²) in [5.41, 5.74) is 1.54. The van der Waals surface area contributed by atoms with Gasteiger partial charge in [-0.25, -0.2) is 4.79 Å². The molecular weight excluding hydrogens is 310 g/mol. The van der Waals surface area contributed by atoms with Gasteiger partial charge in [-0.15, -0.1) is 5.10 Å². The standard InChI is InChI=1S/C17H15N3O4/c1-11-19-20(17(22)24-11)13-9-7-12(8-10-13)16(21)18-14-5-3-4-6-15(14)23-2/h3-10H,1-2H3,(H,18,21). The summed E-state index contributed by atoms with van der Waals surface area (Å²) in [5, 5.41) is 6.75. The molecule has 0 saturated heterocycles. The highest BCUT2D eigenvalue weighted by atomic mass is 16.5. The van der Waals surface area contributed by atoms with Crippen LogP contribution in [0, 0.1) is 6.92 Å². The first-order chi connectivity index (χ1) is 11.6. The van der Waals surface area contributed by atoms with Crippen molar-refractivity contribution in [3.8, 4) is 11.4 Å². The molecule has 0 aliphatic rings. The molecule has 0 unspecified atom stereocenters. The van der Waals surface area contributed by atoms with E-state index in [1.54, 1.807) is 49.4 Å². The molecule has 1 heterocycles. The fourth-order valence-corrected chi connectivity index (χ4v) is 2.23. The van der Waals surface area contributed by atoms with Gasteiger partial charge in [0, 0.05) is 12.5 Å². The molecule has 7 nitrogen and oxygen atoms in total. The maximum absolute atomic E-state index is 12.3. The molecule has 1 N–H and O–H groups in total. The summed E-state index contributed by atoms with van der Waals surface area (Å²) in [7, 11) is 1.54. The summed E-state index contributed by atoms with van der Waals surface area (Å²) in [4.78, 5) is 23.9. The Bertz CT molecular complexity index is 926. The van der Waals surface area contributed by atoms with Crippen LogP contribution in [-0.2, 0) is 0 Å². The number of carbonyl (C=O) groups excluding carboxylic acids is 1. The smallest absolute Gasteiger partial charge is 0.441 e. The number of methoxy groups -OCH3 is 1. The van der Waals surface area contributed by atoms with Crippen molar-refractivity contribution in [1.29, 1.82) is 0 Å². The van der Waals surface area contributed by atoms with E-state index in [2.05, 4.69) is 10.4 Å². The van der Waals surface area contributed by atoms with E-state index >= 15 is 0 Å². The van der Waals surface area contributed by atoms with Crippen LogP contribution in [0.25, 0.3) is 5.69 Å². The number of nitrogens with one attached hydrogen (secondary N) is 1. The number of amides is 1. The van der Waals surface area contributed by atoms with Crippen LogP contribution in [0.5, 0.6) is 5.75 Å². The van der Waals surface area contributed by atoms with E-state index in [1.807, 2.05) is 6.07 Å². The zero-order valence-electron chi connectivity index (χ0n) is 13.1. The molecule has 0 spiro atoms. The fourth-order valence-electron chi connectivity index (χ4n) is 2.23. The van der Waals surface area contributed by atoms with Gasteiger partial charge in [0.05, 0.1) is 18.5 Å². The van der Waals surface area contributed by atoms with Crippen molar-refractivity contribution in [2.24, 2.45) is 0 Å². The number of ether oxygens (including phenoxy) is 1. The molecule has 0 radical (unpaired) electrons. The second kappa shape index (κ2) is 6.41. The van der Waals surface area contributed by atoms with Gasteiger partial charge < -0.3 is 14.5 Å². The lowest BCUT2D eigenvalue weighted by Gasteiger charge is -2.10. The Kier molecular flexibility index (Phi) is 4.15. The molecule has 0 bridgehead atoms. The van der Waals surface area contributed by atoms with Crippen molar-refractivity contribution in [2.45, 2.75) is 6.92 Å². The number of hydrogen-bond acceptors (Lipinski definition) is 5. The van der Waals surface area contributed by atoms with Crippen LogP contribution in [0.4, 0.5) is 5.69 Å².